The normalized spacial score (nSPS) is 30.9. The molecule has 0 bridgehead atoms. The van der Waals surface area contributed by atoms with E-state index < -0.39 is 0 Å². The minimum absolute atomic E-state index is 0.775. The van der Waals surface area contributed by atoms with Gasteiger partial charge in [0, 0.05) is 11.3 Å². The van der Waals surface area contributed by atoms with Crippen LogP contribution in [0.4, 0.5) is 0 Å². The lowest BCUT2D eigenvalue weighted by Crippen LogP contribution is -2.43. The molecule has 3 unspecified atom stereocenters. The maximum atomic E-state index is 3.68. The van der Waals surface area contributed by atoms with Crippen molar-refractivity contribution in [2.75, 3.05) is 12.3 Å². The molecule has 1 N–H and O–H groups in total. The van der Waals surface area contributed by atoms with E-state index in [1.54, 1.807) is 0 Å². The van der Waals surface area contributed by atoms with Crippen LogP contribution < -0.4 is 5.32 Å². The highest BCUT2D eigenvalue weighted by Gasteiger charge is 2.31. The van der Waals surface area contributed by atoms with E-state index in [-0.39, 0.29) is 0 Å². The van der Waals surface area contributed by atoms with Crippen LogP contribution in [-0.4, -0.2) is 23.6 Å². The van der Waals surface area contributed by atoms with Crippen molar-refractivity contribution < 1.29 is 0 Å². The Bertz CT molecular complexity index is 182. The fourth-order valence-corrected chi connectivity index (χ4v) is 4.10. The Morgan fingerprint density at radius 3 is 2.56 bits per heavy atom. The van der Waals surface area contributed by atoms with E-state index in [0.29, 0.717) is 0 Å². The van der Waals surface area contributed by atoms with Crippen molar-refractivity contribution in [3.05, 3.63) is 0 Å². The summed E-state index contributed by atoms with van der Waals surface area (Å²) in [6.45, 7) is 10.4. The molecule has 3 atom stereocenters. The predicted octanol–water partition coefficient (Wildman–Crippen LogP) is 3.93. The Hall–Kier alpha value is 0.310. The second kappa shape index (κ2) is 7.60. The van der Waals surface area contributed by atoms with Crippen LogP contribution in [-0.2, 0) is 0 Å². The summed E-state index contributed by atoms with van der Waals surface area (Å²) in [6, 6.07) is 0.775. The molecule has 0 amide bonds. The molecular weight excluding hydrogens is 214 g/mol. The molecule has 1 rings (SSSR count). The summed E-state index contributed by atoms with van der Waals surface area (Å²) in [4.78, 5) is 0. The lowest BCUT2D eigenvalue weighted by atomic mass is 9.79. The lowest BCUT2D eigenvalue weighted by Gasteiger charge is -2.38. The molecular formula is C14H29NS. The molecule has 16 heavy (non-hydrogen) atoms. The van der Waals surface area contributed by atoms with Gasteiger partial charge in [-0.3, -0.25) is 0 Å². The molecule has 0 saturated heterocycles. The molecule has 0 radical (unpaired) electrons. The van der Waals surface area contributed by atoms with Gasteiger partial charge in [-0.25, -0.2) is 0 Å². The molecule has 0 aliphatic heterocycles. The molecule has 1 saturated carbocycles. The average molecular weight is 243 g/mol. The molecule has 0 aromatic heterocycles. The highest BCUT2D eigenvalue weighted by atomic mass is 32.2. The monoisotopic (exact) mass is 243 g/mol. The van der Waals surface area contributed by atoms with E-state index in [1.807, 2.05) is 0 Å². The summed E-state index contributed by atoms with van der Waals surface area (Å²) in [5.74, 6) is 3.16. The van der Waals surface area contributed by atoms with Crippen LogP contribution in [0.1, 0.15) is 53.4 Å². The van der Waals surface area contributed by atoms with Crippen molar-refractivity contribution in [3.8, 4) is 0 Å². The first kappa shape index (κ1) is 14.4. The average Bonchev–Trinajstić information content (AvgIpc) is 2.27. The van der Waals surface area contributed by atoms with Gasteiger partial charge in [-0.1, -0.05) is 27.7 Å². The maximum absolute atomic E-state index is 3.68. The predicted molar refractivity (Wildman–Crippen MR) is 76.2 cm³/mol. The Labute approximate surface area is 106 Å². The van der Waals surface area contributed by atoms with Gasteiger partial charge in [0.05, 0.1) is 0 Å². The van der Waals surface area contributed by atoms with Crippen molar-refractivity contribution in [1.29, 1.82) is 0 Å². The largest absolute Gasteiger partial charge is 0.313 e. The van der Waals surface area contributed by atoms with Gasteiger partial charge in [0.15, 0.2) is 0 Å². The second-order valence-corrected chi connectivity index (χ2v) is 6.74. The van der Waals surface area contributed by atoms with Gasteiger partial charge < -0.3 is 5.32 Å². The van der Waals surface area contributed by atoms with E-state index >= 15 is 0 Å². The molecule has 96 valence electrons. The van der Waals surface area contributed by atoms with Gasteiger partial charge >= 0.3 is 0 Å². The first-order valence-electron chi connectivity index (χ1n) is 7.04. The van der Waals surface area contributed by atoms with Crippen LogP contribution >= 0.6 is 11.8 Å². The molecule has 0 spiro atoms. The molecule has 1 aliphatic rings. The lowest BCUT2D eigenvalue weighted by molar-refractivity contribution is 0.247. The second-order valence-electron chi connectivity index (χ2n) is 5.39. The number of hydrogen-bond donors (Lipinski definition) is 1. The SMILES string of the molecule is CCCSC1CC(C(C)C)CCC1NCC. The van der Waals surface area contributed by atoms with Crippen molar-refractivity contribution in [2.24, 2.45) is 11.8 Å². The molecule has 0 aromatic rings. The number of nitrogens with one attached hydrogen (secondary N) is 1. The summed E-state index contributed by atoms with van der Waals surface area (Å²) >= 11 is 2.20. The smallest absolute Gasteiger partial charge is 0.0203 e. The quantitative estimate of drug-likeness (QED) is 0.758. The number of thioether (sulfide) groups is 1. The fraction of sp³-hybridized carbons (Fsp3) is 1.00. The maximum Gasteiger partial charge on any atom is 0.0203 e. The van der Waals surface area contributed by atoms with Crippen LogP contribution in [0, 0.1) is 11.8 Å². The van der Waals surface area contributed by atoms with E-state index in [4.69, 9.17) is 0 Å². The molecule has 1 nitrogen and oxygen atoms in total. The van der Waals surface area contributed by atoms with Crippen molar-refractivity contribution in [1.82, 2.24) is 5.32 Å². The first-order chi connectivity index (χ1) is 7.69. The third kappa shape index (κ3) is 4.29. The van der Waals surface area contributed by atoms with Gasteiger partial charge in [0.25, 0.3) is 0 Å². The highest BCUT2D eigenvalue weighted by molar-refractivity contribution is 7.99. The van der Waals surface area contributed by atoms with Gasteiger partial charge in [0.2, 0.25) is 0 Å². The highest BCUT2D eigenvalue weighted by Crippen LogP contribution is 2.36. The molecule has 2 heteroatoms. The number of hydrogen-bond acceptors (Lipinski definition) is 2. The summed E-state index contributed by atoms with van der Waals surface area (Å²) in [7, 11) is 0. The Balaban J connectivity index is 2.47. The zero-order chi connectivity index (χ0) is 12.0. The van der Waals surface area contributed by atoms with Crippen molar-refractivity contribution in [3.63, 3.8) is 0 Å². The Morgan fingerprint density at radius 1 is 1.25 bits per heavy atom. The number of rotatable bonds is 6. The fourth-order valence-electron chi connectivity index (χ4n) is 2.71. The summed E-state index contributed by atoms with van der Waals surface area (Å²) in [6.07, 6.45) is 5.56. The van der Waals surface area contributed by atoms with Crippen LogP contribution in [0.5, 0.6) is 0 Å². The third-order valence-electron chi connectivity index (χ3n) is 3.78. The van der Waals surface area contributed by atoms with Crippen LogP contribution in [0.15, 0.2) is 0 Å². The van der Waals surface area contributed by atoms with Crippen molar-refractivity contribution >= 4 is 11.8 Å². The van der Waals surface area contributed by atoms with Gasteiger partial charge in [0.1, 0.15) is 0 Å². The van der Waals surface area contributed by atoms with E-state index in [9.17, 15) is 0 Å². The topological polar surface area (TPSA) is 12.0 Å². The summed E-state index contributed by atoms with van der Waals surface area (Å²) in [5, 5.41) is 4.54. The minimum Gasteiger partial charge on any atom is -0.313 e. The van der Waals surface area contributed by atoms with Gasteiger partial charge in [-0.05, 0) is 49.8 Å². The third-order valence-corrected chi connectivity index (χ3v) is 5.37. The van der Waals surface area contributed by atoms with Crippen LogP contribution in [0.25, 0.3) is 0 Å². The first-order valence-corrected chi connectivity index (χ1v) is 8.08. The zero-order valence-electron chi connectivity index (χ0n) is 11.5. The molecule has 1 aliphatic carbocycles. The van der Waals surface area contributed by atoms with E-state index in [2.05, 4.69) is 44.8 Å². The van der Waals surface area contributed by atoms with Crippen LogP contribution in [0.3, 0.4) is 0 Å². The standard InChI is InChI=1S/C14H29NS/c1-5-9-16-14-10-12(11(3)4)7-8-13(14)15-6-2/h11-15H,5-10H2,1-4H3. The van der Waals surface area contributed by atoms with Crippen LogP contribution in [0.2, 0.25) is 0 Å². The molecule has 0 aromatic carbocycles. The summed E-state index contributed by atoms with van der Waals surface area (Å²) < 4.78 is 0. The van der Waals surface area contributed by atoms with E-state index in [0.717, 1.165) is 29.7 Å². The molecule has 1 fully saturated rings. The van der Waals surface area contributed by atoms with E-state index in [1.165, 1.54) is 31.4 Å². The van der Waals surface area contributed by atoms with Gasteiger partial charge in [-0.15, -0.1) is 0 Å². The van der Waals surface area contributed by atoms with Crippen molar-refractivity contribution in [2.45, 2.75) is 64.7 Å². The zero-order valence-corrected chi connectivity index (χ0v) is 12.3. The summed E-state index contributed by atoms with van der Waals surface area (Å²) in [5.41, 5.74) is 0. The van der Waals surface area contributed by atoms with Gasteiger partial charge in [-0.2, -0.15) is 11.8 Å². The Morgan fingerprint density at radius 2 is 2.00 bits per heavy atom. The minimum atomic E-state index is 0.775. The Kier molecular flexibility index (Phi) is 6.83. The molecule has 0 heterocycles.